The Balaban J connectivity index is 0.00000243. The topological polar surface area (TPSA) is 52.4 Å². The second kappa shape index (κ2) is 9.12. The summed E-state index contributed by atoms with van der Waals surface area (Å²) >= 11 is 1.49. The molecule has 1 N–H and O–H groups in total. The summed E-state index contributed by atoms with van der Waals surface area (Å²) in [5, 5.41) is 1.94. The van der Waals surface area contributed by atoms with Crippen molar-refractivity contribution in [1.82, 2.24) is 4.90 Å². The number of hydrogen-bond acceptors (Lipinski definition) is 5. The molecule has 1 amide bonds. The third-order valence-electron chi connectivity index (χ3n) is 4.46. The smallest absolute Gasteiger partial charge is 0.264 e. The van der Waals surface area contributed by atoms with Crippen LogP contribution < -0.4 is 31.5 Å². The van der Waals surface area contributed by atoms with Crippen LogP contribution in [0.5, 0.6) is 17.2 Å². The fourth-order valence-corrected chi connectivity index (χ4v) is 3.80. The number of thiophene rings is 1. The predicted molar refractivity (Wildman–Crippen MR) is 96.7 cm³/mol. The molecule has 2 heterocycles. The Morgan fingerprint density at radius 1 is 1.08 bits per heavy atom. The maximum atomic E-state index is 12.5. The van der Waals surface area contributed by atoms with E-state index in [0.717, 1.165) is 36.7 Å². The number of benzene rings is 1. The SMILES string of the molecule is COc1cc([NH+]2CCN(C(=O)c3cccs3)CC2)cc(OC)c1OC.[Cl-]. The van der Waals surface area contributed by atoms with Gasteiger partial charge in [0.25, 0.3) is 5.91 Å². The number of carbonyl (C=O) groups excluding carboxylic acids is 1. The van der Waals surface area contributed by atoms with Crippen molar-refractivity contribution in [1.29, 1.82) is 0 Å². The summed E-state index contributed by atoms with van der Waals surface area (Å²) in [4.78, 5) is 16.5. The molecule has 142 valence electrons. The van der Waals surface area contributed by atoms with E-state index in [1.54, 1.807) is 21.3 Å². The van der Waals surface area contributed by atoms with E-state index in [2.05, 4.69) is 0 Å². The van der Waals surface area contributed by atoms with Gasteiger partial charge in [0.2, 0.25) is 5.75 Å². The number of methoxy groups -OCH3 is 3. The molecule has 8 heteroatoms. The van der Waals surface area contributed by atoms with Crippen molar-refractivity contribution < 1.29 is 36.3 Å². The van der Waals surface area contributed by atoms with E-state index < -0.39 is 0 Å². The van der Waals surface area contributed by atoms with E-state index in [9.17, 15) is 4.79 Å². The molecule has 0 radical (unpaired) electrons. The van der Waals surface area contributed by atoms with Gasteiger partial charge in [-0.05, 0) is 11.4 Å². The Morgan fingerprint density at radius 2 is 1.69 bits per heavy atom. The molecule has 2 aromatic rings. The summed E-state index contributed by atoms with van der Waals surface area (Å²) in [5.74, 6) is 2.03. The summed E-state index contributed by atoms with van der Waals surface area (Å²) in [6.07, 6.45) is 0. The van der Waals surface area contributed by atoms with Crippen molar-refractivity contribution in [3.8, 4) is 17.2 Å². The van der Waals surface area contributed by atoms with E-state index in [0.29, 0.717) is 17.2 Å². The van der Waals surface area contributed by atoms with Crippen molar-refractivity contribution in [2.24, 2.45) is 0 Å². The molecule has 0 spiro atoms. The largest absolute Gasteiger partial charge is 1.00 e. The highest BCUT2D eigenvalue weighted by atomic mass is 35.5. The van der Waals surface area contributed by atoms with Gasteiger partial charge in [-0.25, -0.2) is 0 Å². The van der Waals surface area contributed by atoms with Crippen LogP contribution in [-0.2, 0) is 0 Å². The second-order valence-corrected chi connectivity index (χ2v) is 6.73. The number of halogens is 1. The standard InChI is InChI=1S/C18H22N2O4S.ClH/c1-22-14-11-13(12-15(23-2)17(14)24-3)19-6-8-20(9-7-19)18(21)16-5-4-10-25-16;/h4-5,10-12H,6-9H2,1-3H3;1H. The second-order valence-electron chi connectivity index (χ2n) is 5.79. The summed E-state index contributed by atoms with van der Waals surface area (Å²) < 4.78 is 16.3. The molecule has 1 aliphatic heterocycles. The molecule has 1 fully saturated rings. The number of carbonyl (C=O) groups is 1. The minimum absolute atomic E-state index is 0. The predicted octanol–water partition coefficient (Wildman–Crippen LogP) is -1.55. The molecular formula is C18H23ClN2O4S. The number of hydrogen-bond donors (Lipinski definition) is 1. The van der Waals surface area contributed by atoms with E-state index in [4.69, 9.17) is 14.2 Å². The fourth-order valence-electron chi connectivity index (χ4n) is 3.11. The molecule has 0 unspecified atom stereocenters. The van der Waals surface area contributed by atoms with Crippen LogP contribution in [0.3, 0.4) is 0 Å². The van der Waals surface area contributed by atoms with Crippen molar-refractivity contribution in [3.05, 3.63) is 34.5 Å². The number of piperazine rings is 1. The van der Waals surface area contributed by atoms with Crippen molar-refractivity contribution >= 4 is 22.9 Å². The van der Waals surface area contributed by atoms with Gasteiger partial charge in [-0.3, -0.25) is 9.69 Å². The van der Waals surface area contributed by atoms with Crippen molar-refractivity contribution in [2.45, 2.75) is 0 Å². The molecule has 1 aromatic carbocycles. The summed E-state index contributed by atoms with van der Waals surface area (Å²) in [7, 11) is 4.84. The summed E-state index contributed by atoms with van der Waals surface area (Å²) in [6, 6.07) is 7.75. The maximum absolute atomic E-state index is 12.5. The van der Waals surface area contributed by atoms with E-state index in [1.807, 2.05) is 34.5 Å². The molecule has 0 bridgehead atoms. The first-order chi connectivity index (χ1) is 12.2. The summed E-state index contributed by atoms with van der Waals surface area (Å²) in [6.45, 7) is 3.14. The number of rotatable bonds is 5. The number of quaternary nitrogens is 1. The van der Waals surface area contributed by atoms with Gasteiger partial charge >= 0.3 is 0 Å². The maximum Gasteiger partial charge on any atom is 0.264 e. The molecule has 1 aromatic heterocycles. The van der Waals surface area contributed by atoms with Crippen LogP contribution in [0.4, 0.5) is 5.69 Å². The van der Waals surface area contributed by atoms with E-state index in [1.165, 1.54) is 16.2 Å². The first kappa shape index (κ1) is 20.4. The number of ether oxygens (including phenoxy) is 3. The molecule has 1 aliphatic rings. The highest BCUT2D eigenvalue weighted by molar-refractivity contribution is 7.12. The highest BCUT2D eigenvalue weighted by Gasteiger charge is 2.28. The van der Waals surface area contributed by atoms with E-state index in [-0.39, 0.29) is 18.3 Å². The Kier molecular flexibility index (Phi) is 7.14. The van der Waals surface area contributed by atoms with Gasteiger partial charge in [0, 0.05) is 12.1 Å². The van der Waals surface area contributed by atoms with Crippen LogP contribution in [0.15, 0.2) is 29.6 Å². The molecular weight excluding hydrogens is 376 g/mol. The molecule has 0 saturated carbocycles. The van der Waals surface area contributed by atoms with E-state index >= 15 is 0 Å². The minimum Gasteiger partial charge on any atom is -1.00 e. The first-order valence-electron chi connectivity index (χ1n) is 8.15. The first-order valence-corrected chi connectivity index (χ1v) is 9.03. The van der Waals surface area contributed by atoms with Gasteiger partial charge in [-0.2, -0.15) is 0 Å². The third kappa shape index (κ3) is 4.06. The lowest BCUT2D eigenvalue weighted by atomic mass is 10.2. The van der Waals surface area contributed by atoms with Crippen LogP contribution in [0, 0.1) is 0 Å². The monoisotopic (exact) mass is 398 g/mol. The molecule has 26 heavy (non-hydrogen) atoms. The Morgan fingerprint density at radius 3 is 2.15 bits per heavy atom. The zero-order chi connectivity index (χ0) is 17.8. The van der Waals surface area contributed by atoms with Crippen molar-refractivity contribution in [2.75, 3.05) is 47.5 Å². The van der Waals surface area contributed by atoms with Gasteiger partial charge < -0.3 is 31.5 Å². The van der Waals surface area contributed by atoms with Gasteiger partial charge in [0.1, 0.15) is 5.69 Å². The van der Waals surface area contributed by atoms with Crippen molar-refractivity contribution in [3.63, 3.8) is 0 Å². The number of nitrogens with zero attached hydrogens (tertiary/aromatic N) is 1. The Hall–Kier alpha value is -1.96. The lowest BCUT2D eigenvalue weighted by Crippen LogP contribution is -3.10. The van der Waals surface area contributed by atoms with Gasteiger partial charge in [0.15, 0.2) is 11.5 Å². The summed E-state index contributed by atoms with van der Waals surface area (Å²) in [5.41, 5.74) is 1.08. The Labute approximate surface area is 163 Å². The van der Waals surface area contributed by atoms with Crippen LogP contribution in [0.1, 0.15) is 9.67 Å². The normalized spacial score (nSPS) is 14.5. The van der Waals surface area contributed by atoms with Gasteiger partial charge in [-0.1, -0.05) is 6.07 Å². The lowest BCUT2D eigenvalue weighted by molar-refractivity contribution is -0.837. The van der Waals surface area contributed by atoms with Crippen LogP contribution in [0.25, 0.3) is 0 Å². The minimum atomic E-state index is 0. The molecule has 0 aliphatic carbocycles. The number of nitrogens with one attached hydrogen (secondary N) is 1. The Bertz CT molecular complexity index is 706. The lowest BCUT2D eigenvalue weighted by Gasteiger charge is -2.32. The molecule has 0 atom stereocenters. The van der Waals surface area contributed by atoms with Gasteiger partial charge in [0.05, 0.1) is 52.4 Å². The van der Waals surface area contributed by atoms with Gasteiger partial charge in [-0.15, -0.1) is 11.3 Å². The highest BCUT2D eigenvalue weighted by Crippen LogP contribution is 2.39. The average Bonchev–Trinajstić information content (AvgIpc) is 3.21. The van der Waals surface area contributed by atoms with Crippen LogP contribution in [-0.4, -0.2) is 58.3 Å². The quantitative estimate of drug-likeness (QED) is 0.662. The van der Waals surface area contributed by atoms with Crippen LogP contribution in [0.2, 0.25) is 0 Å². The van der Waals surface area contributed by atoms with Crippen LogP contribution >= 0.6 is 11.3 Å². The third-order valence-corrected chi connectivity index (χ3v) is 5.32. The fraction of sp³-hybridized carbons (Fsp3) is 0.389. The molecule has 6 nitrogen and oxygen atoms in total. The molecule has 3 rings (SSSR count). The zero-order valence-corrected chi connectivity index (χ0v) is 16.7. The average molecular weight is 399 g/mol. The molecule has 1 saturated heterocycles. The zero-order valence-electron chi connectivity index (χ0n) is 15.1. The number of amides is 1.